The van der Waals surface area contributed by atoms with Gasteiger partial charge in [0.15, 0.2) is 11.5 Å². The molecule has 7 nitrogen and oxygen atoms in total. The molecule has 2 heterocycles. The quantitative estimate of drug-likeness (QED) is 0.599. The second kappa shape index (κ2) is 7.40. The van der Waals surface area contributed by atoms with E-state index in [2.05, 4.69) is 9.89 Å². The van der Waals surface area contributed by atoms with E-state index >= 15 is 0 Å². The van der Waals surface area contributed by atoms with Gasteiger partial charge in [-0.05, 0) is 17.7 Å². The molecule has 1 aromatic carbocycles. The molecular formula is C17H16N2O5S2. The average molecular weight is 392 g/mol. The summed E-state index contributed by atoms with van der Waals surface area (Å²) in [5.74, 6) is -0.311. The van der Waals surface area contributed by atoms with Gasteiger partial charge in [0.1, 0.15) is 4.21 Å². The number of ether oxygens (including phenoxy) is 1. The fourth-order valence-corrected chi connectivity index (χ4v) is 4.89. The lowest BCUT2D eigenvalue weighted by Crippen LogP contribution is -2.25. The molecule has 0 spiro atoms. The van der Waals surface area contributed by atoms with Crippen molar-refractivity contribution >= 4 is 27.3 Å². The normalized spacial score (nSPS) is 11.7. The number of hydrogen-bond donors (Lipinski definition) is 0. The van der Waals surface area contributed by atoms with Crippen LogP contribution in [-0.2, 0) is 21.3 Å². The number of benzene rings is 1. The molecule has 0 saturated heterocycles. The molecule has 0 aliphatic rings. The minimum absolute atomic E-state index is 0.0292. The van der Waals surface area contributed by atoms with Gasteiger partial charge in [0.05, 0.1) is 12.0 Å². The highest BCUT2D eigenvalue weighted by atomic mass is 32.2. The highest BCUT2D eigenvalue weighted by molar-refractivity contribution is 7.91. The Morgan fingerprint density at radius 2 is 1.96 bits per heavy atom. The lowest BCUT2D eigenvalue weighted by Gasteiger charge is -2.15. The van der Waals surface area contributed by atoms with E-state index in [4.69, 9.17) is 4.52 Å². The van der Waals surface area contributed by atoms with Crippen LogP contribution in [0, 0.1) is 0 Å². The monoisotopic (exact) mass is 392 g/mol. The van der Waals surface area contributed by atoms with E-state index in [0.717, 1.165) is 16.9 Å². The van der Waals surface area contributed by atoms with Crippen molar-refractivity contribution in [3.63, 3.8) is 0 Å². The van der Waals surface area contributed by atoms with Gasteiger partial charge in [0.2, 0.25) is 0 Å². The molecule has 0 saturated carbocycles. The first-order valence-corrected chi connectivity index (χ1v) is 9.83. The molecule has 0 aliphatic carbocycles. The summed E-state index contributed by atoms with van der Waals surface area (Å²) in [6.45, 7) is 0.269. The number of nitrogens with zero attached hydrogens (tertiary/aromatic N) is 2. The third-order valence-corrected chi connectivity index (χ3v) is 7.01. The van der Waals surface area contributed by atoms with Crippen molar-refractivity contribution in [2.45, 2.75) is 10.8 Å². The average Bonchev–Trinajstić information content (AvgIpc) is 3.31. The van der Waals surface area contributed by atoms with E-state index in [0.29, 0.717) is 10.6 Å². The molecule has 3 rings (SSSR count). The van der Waals surface area contributed by atoms with Crippen molar-refractivity contribution < 1.29 is 22.5 Å². The molecule has 9 heteroatoms. The molecule has 0 radical (unpaired) electrons. The SMILES string of the molecule is COC(=O)c1cc(-c2ccc(S(=O)(=O)N(C)Cc3ccccc3)s2)on1. The molecular weight excluding hydrogens is 376 g/mol. The van der Waals surface area contributed by atoms with Gasteiger partial charge in [0, 0.05) is 19.7 Å². The van der Waals surface area contributed by atoms with Gasteiger partial charge in [-0.3, -0.25) is 0 Å². The minimum atomic E-state index is -3.64. The van der Waals surface area contributed by atoms with Crippen LogP contribution in [0.2, 0.25) is 0 Å². The van der Waals surface area contributed by atoms with Crippen molar-refractivity contribution in [3.05, 3.63) is 59.8 Å². The Labute approximate surface area is 154 Å². The maximum Gasteiger partial charge on any atom is 0.360 e. The summed E-state index contributed by atoms with van der Waals surface area (Å²) in [4.78, 5) is 12.0. The number of rotatable bonds is 6. The standard InChI is InChI=1S/C17H16N2O5S2/c1-19(11-12-6-4-3-5-7-12)26(21,22)16-9-8-15(25-16)14-10-13(18-24-14)17(20)23-2/h3-10H,11H2,1-2H3. The Kier molecular flexibility index (Phi) is 5.21. The number of hydrogen-bond acceptors (Lipinski definition) is 7. The van der Waals surface area contributed by atoms with Crippen LogP contribution >= 0.6 is 11.3 Å². The third-order valence-electron chi connectivity index (χ3n) is 3.64. The van der Waals surface area contributed by atoms with Gasteiger partial charge < -0.3 is 9.26 Å². The summed E-state index contributed by atoms with van der Waals surface area (Å²) in [7, 11) is -0.862. The van der Waals surface area contributed by atoms with Crippen molar-refractivity contribution in [2.24, 2.45) is 0 Å². The van der Waals surface area contributed by atoms with Crippen LogP contribution in [0.15, 0.2) is 57.3 Å². The van der Waals surface area contributed by atoms with E-state index in [-0.39, 0.29) is 16.4 Å². The summed E-state index contributed by atoms with van der Waals surface area (Å²) in [5.41, 5.74) is 0.926. The number of carbonyl (C=O) groups is 1. The van der Waals surface area contributed by atoms with Gasteiger partial charge >= 0.3 is 5.97 Å². The topological polar surface area (TPSA) is 89.7 Å². The molecule has 26 heavy (non-hydrogen) atoms. The smallest absolute Gasteiger partial charge is 0.360 e. The van der Waals surface area contributed by atoms with Crippen molar-refractivity contribution in [2.75, 3.05) is 14.2 Å². The lowest BCUT2D eigenvalue weighted by atomic mass is 10.2. The number of methoxy groups -OCH3 is 1. The van der Waals surface area contributed by atoms with Crippen LogP contribution in [0.1, 0.15) is 16.1 Å². The second-order valence-corrected chi connectivity index (χ2v) is 8.79. The number of sulfonamides is 1. The highest BCUT2D eigenvalue weighted by Gasteiger charge is 2.24. The fraction of sp³-hybridized carbons (Fsp3) is 0.176. The van der Waals surface area contributed by atoms with Crippen molar-refractivity contribution in [1.29, 1.82) is 0 Å². The molecule has 0 N–H and O–H groups in total. The maximum atomic E-state index is 12.8. The molecule has 3 aromatic rings. The number of thiophene rings is 1. The van der Waals surface area contributed by atoms with Crippen LogP contribution in [-0.4, -0.2) is 38.0 Å². The molecule has 0 bridgehead atoms. The van der Waals surface area contributed by atoms with Gasteiger partial charge in [-0.25, -0.2) is 13.2 Å². The maximum absolute atomic E-state index is 12.8. The Balaban J connectivity index is 1.81. The van der Waals surface area contributed by atoms with Gasteiger partial charge in [0.25, 0.3) is 10.0 Å². The van der Waals surface area contributed by atoms with Crippen LogP contribution < -0.4 is 0 Å². The summed E-state index contributed by atoms with van der Waals surface area (Å²) in [6.07, 6.45) is 0. The van der Waals surface area contributed by atoms with Crippen LogP contribution in [0.4, 0.5) is 0 Å². The van der Waals surface area contributed by atoms with E-state index in [9.17, 15) is 13.2 Å². The zero-order chi connectivity index (χ0) is 18.7. The Hall–Kier alpha value is -2.49. The minimum Gasteiger partial charge on any atom is -0.464 e. The lowest BCUT2D eigenvalue weighted by molar-refractivity contribution is 0.0589. The molecule has 136 valence electrons. The second-order valence-electron chi connectivity index (χ2n) is 5.43. The number of aromatic nitrogens is 1. The largest absolute Gasteiger partial charge is 0.464 e. The number of esters is 1. The summed E-state index contributed by atoms with van der Waals surface area (Å²) >= 11 is 1.05. The molecule has 0 fully saturated rings. The Morgan fingerprint density at radius 1 is 1.23 bits per heavy atom. The van der Waals surface area contributed by atoms with E-state index in [1.165, 1.54) is 30.6 Å². The van der Waals surface area contributed by atoms with Crippen molar-refractivity contribution in [3.8, 4) is 10.6 Å². The van der Waals surface area contributed by atoms with Gasteiger partial charge in [-0.2, -0.15) is 4.31 Å². The van der Waals surface area contributed by atoms with E-state index in [1.807, 2.05) is 30.3 Å². The highest BCUT2D eigenvalue weighted by Crippen LogP contribution is 2.32. The van der Waals surface area contributed by atoms with Crippen LogP contribution in [0.5, 0.6) is 0 Å². The Bertz CT molecular complexity index is 1010. The zero-order valence-corrected chi connectivity index (χ0v) is 15.7. The first-order valence-electron chi connectivity index (χ1n) is 7.57. The molecule has 0 atom stereocenters. The Morgan fingerprint density at radius 3 is 2.65 bits per heavy atom. The summed E-state index contributed by atoms with van der Waals surface area (Å²) in [6, 6.07) is 13.9. The van der Waals surface area contributed by atoms with Gasteiger partial charge in [-0.15, -0.1) is 11.3 Å². The molecule has 0 amide bonds. The third kappa shape index (κ3) is 3.69. The fourth-order valence-electron chi connectivity index (χ4n) is 2.26. The molecule has 0 aliphatic heterocycles. The first kappa shape index (κ1) is 18.3. The number of carbonyl (C=O) groups excluding carboxylic acids is 1. The van der Waals surface area contributed by atoms with Crippen molar-refractivity contribution in [1.82, 2.24) is 9.46 Å². The van der Waals surface area contributed by atoms with Crippen LogP contribution in [0.3, 0.4) is 0 Å². The van der Waals surface area contributed by atoms with Gasteiger partial charge in [-0.1, -0.05) is 35.5 Å². The summed E-state index contributed by atoms with van der Waals surface area (Å²) < 4.78 is 36.7. The van der Waals surface area contributed by atoms with E-state index < -0.39 is 16.0 Å². The molecule has 2 aromatic heterocycles. The summed E-state index contributed by atoms with van der Waals surface area (Å²) in [5, 5.41) is 3.62. The first-order chi connectivity index (χ1) is 12.4. The zero-order valence-electron chi connectivity index (χ0n) is 14.1. The van der Waals surface area contributed by atoms with Crippen LogP contribution in [0.25, 0.3) is 10.6 Å². The predicted molar refractivity (Wildman–Crippen MR) is 96.3 cm³/mol. The predicted octanol–water partition coefficient (Wildman–Crippen LogP) is 3.01. The molecule has 0 unspecified atom stereocenters. The van der Waals surface area contributed by atoms with E-state index in [1.54, 1.807) is 6.07 Å².